The van der Waals surface area contributed by atoms with Crippen LogP contribution in [-0.2, 0) is 11.3 Å². The third-order valence-electron chi connectivity index (χ3n) is 5.70. The van der Waals surface area contributed by atoms with E-state index in [1.807, 2.05) is 37.0 Å². The lowest BCUT2D eigenvalue weighted by atomic mass is 9.79. The van der Waals surface area contributed by atoms with Crippen molar-refractivity contribution in [1.82, 2.24) is 30.1 Å². The number of rotatable bonds is 3. The molecular formula is C20H27N7O. The number of piperidine rings is 1. The Kier molecular flexibility index (Phi) is 5.02. The molecule has 2 N–H and O–H groups in total. The van der Waals surface area contributed by atoms with Crippen LogP contribution in [0, 0.1) is 12.3 Å². The molecule has 1 unspecified atom stereocenters. The summed E-state index contributed by atoms with van der Waals surface area (Å²) in [5.74, 6) is 2.83. The number of amides is 1. The second-order valence-electron chi connectivity index (χ2n) is 7.75. The Labute approximate surface area is 165 Å². The Morgan fingerprint density at radius 3 is 2.93 bits per heavy atom. The summed E-state index contributed by atoms with van der Waals surface area (Å²) in [6, 6.07) is 4.07. The van der Waals surface area contributed by atoms with Gasteiger partial charge in [0.25, 0.3) is 0 Å². The lowest BCUT2D eigenvalue weighted by Gasteiger charge is -2.40. The molecule has 4 rings (SSSR count). The Bertz CT molecular complexity index is 873. The molecule has 0 aromatic carbocycles. The topological polar surface area (TPSA) is 87.4 Å². The number of aromatic nitrogens is 3. The van der Waals surface area contributed by atoms with Gasteiger partial charge in [-0.2, -0.15) is 0 Å². The molecule has 2 aliphatic heterocycles. The SMILES string of the molecule is CN=C(NCc1ccc(-n2ccnc2C)nc1)N1CCCC2(CNC(=O)C2)C1. The van der Waals surface area contributed by atoms with Gasteiger partial charge >= 0.3 is 0 Å². The molecule has 2 saturated heterocycles. The minimum Gasteiger partial charge on any atom is -0.355 e. The maximum atomic E-state index is 11.7. The van der Waals surface area contributed by atoms with Crippen molar-refractivity contribution in [3.8, 4) is 5.82 Å². The minimum absolute atomic E-state index is 0.0544. The maximum absolute atomic E-state index is 11.7. The number of hydrogen-bond acceptors (Lipinski definition) is 4. The maximum Gasteiger partial charge on any atom is 0.220 e. The number of carbonyl (C=O) groups is 1. The van der Waals surface area contributed by atoms with Crippen molar-refractivity contribution in [3.05, 3.63) is 42.1 Å². The van der Waals surface area contributed by atoms with Crippen LogP contribution in [0.2, 0.25) is 0 Å². The summed E-state index contributed by atoms with van der Waals surface area (Å²) in [7, 11) is 1.81. The Morgan fingerprint density at radius 1 is 1.39 bits per heavy atom. The fraction of sp³-hybridized carbons (Fsp3) is 0.500. The van der Waals surface area contributed by atoms with Crippen molar-refractivity contribution in [2.45, 2.75) is 32.7 Å². The highest BCUT2D eigenvalue weighted by molar-refractivity contribution is 5.81. The average Bonchev–Trinajstić information content (AvgIpc) is 3.28. The van der Waals surface area contributed by atoms with E-state index in [0.717, 1.165) is 55.6 Å². The molecule has 2 aromatic heterocycles. The summed E-state index contributed by atoms with van der Waals surface area (Å²) in [6.45, 7) is 5.22. The van der Waals surface area contributed by atoms with Crippen LogP contribution in [0.1, 0.15) is 30.7 Å². The van der Waals surface area contributed by atoms with Gasteiger partial charge in [-0.3, -0.25) is 14.4 Å². The van der Waals surface area contributed by atoms with Crippen LogP contribution in [0.15, 0.2) is 35.7 Å². The van der Waals surface area contributed by atoms with Crippen LogP contribution >= 0.6 is 0 Å². The van der Waals surface area contributed by atoms with Gasteiger partial charge in [0.05, 0.1) is 0 Å². The molecule has 1 amide bonds. The number of hydrogen-bond donors (Lipinski definition) is 2. The molecule has 0 saturated carbocycles. The van der Waals surface area contributed by atoms with E-state index < -0.39 is 0 Å². The molecule has 1 atom stereocenters. The molecule has 148 valence electrons. The predicted octanol–water partition coefficient (Wildman–Crippen LogP) is 1.25. The Hall–Kier alpha value is -2.90. The molecule has 4 heterocycles. The van der Waals surface area contributed by atoms with Gasteiger partial charge in [0.1, 0.15) is 11.6 Å². The first-order valence-electron chi connectivity index (χ1n) is 9.76. The van der Waals surface area contributed by atoms with Crippen molar-refractivity contribution in [1.29, 1.82) is 0 Å². The minimum atomic E-state index is 0.0544. The monoisotopic (exact) mass is 381 g/mol. The van der Waals surface area contributed by atoms with E-state index in [-0.39, 0.29) is 11.3 Å². The van der Waals surface area contributed by atoms with Gasteiger partial charge in [-0.1, -0.05) is 6.07 Å². The number of aryl methyl sites for hydroxylation is 1. The zero-order valence-corrected chi connectivity index (χ0v) is 16.5. The second kappa shape index (κ2) is 7.61. The van der Waals surface area contributed by atoms with E-state index in [4.69, 9.17) is 0 Å². The van der Waals surface area contributed by atoms with Gasteiger partial charge in [-0.25, -0.2) is 9.97 Å². The summed E-state index contributed by atoms with van der Waals surface area (Å²) >= 11 is 0. The number of likely N-dealkylation sites (tertiary alicyclic amines) is 1. The van der Waals surface area contributed by atoms with Crippen LogP contribution in [-0.4, -0.2) is 58.0 Å². The third-order valence-corrected chi connectivity index (χ3v) is 5.70. The lowest BCUT2D eigenvalue weighted by Crippen LogP contribution is -2.51. The summed E-state index contributed by atoms with van der Waals surface area (Å²) < 4.78 is 1.96. The number of nitrogens with zero attached hydrogens (tertiary/aromatic N) is 5. The summed E-state index contributed by atoms with van der Waals surface area (Å²) in [5.41, 5.74) is 1.14. The fourth-order valence-electron chi connectivity index (χ4n) is 4.23. The van der Waals surface area contributed by atoms with Gasteiger partial charge in [0.2, 0.25) is 5.91 Å². The number of aliphatic imine (C=N–C) groups is 1. The molecule has 0 radical (unpaired) electrons. The molecule has 1 spiro atoms. The molecule has 0 bridgehead atoms. The first-order chi connectivity index (χ1) is 13.6. The average molecular weight is 381 g/mol. The summed E-state index contributed by atoms with van der Waals surface area (Å²) in [4.78, 5) is 27.2. The van der Waals surface area contributed by atoms with Crippen LogP contribution in [0.25, 0.3) is 5.82 Å². The fourth-order valence-corrected chi connectivity index (χ4v) is 4.23. The highest BCUT2D eigenvalue weighted by atomic mass is 16.1. The van der Waals surface area contributed by atoms with Crippen LogP contribution in [0.5, 0.6) is 0 Å². The van der Waals surface area contributed by atoms with E-state index in [1.165, 1.54) is 0 Å². The first kappa shape index (κ1) is 18.5. The van der Waals surface area contributed by atoms with E-state index in [0.29, 0.717) is 13.0 Å². The molecule has 2 aromatic rings. The second-order valence-corrected chi connectivity index (χ2v) is 7.75. The Morgan fingerprint density at radius 2 is 2.29 bits per heavy atom. The molecule has 8 nitrogen and oxygen atoms in total. The van der Waals surface area contributed by atoms with Crippen molar-refractivity contribution >= 4 is 11.9 Å². The predicted molar refractivity (Wildman–Crippen MR) is 107 cm³/mol. The normalized spacial score (nSPS) is 22.6. The van der Waals surface area contributed by atoms with Crippen molar-refractivity contribution in [3.63, 3.8) is 0 Å². The molecular weight excluding hydrogens is 354 g/mol. The van der Waals surface area contributed by atoms with Gasteiger partial charge in [0.15, 0.2) is 5.96 Å². The highest BCUT2D eigenvalue weighted by Gasteiger charge is 2.42. The van der Waals surface area contributed by atoms with Gasteiger partial charge in [-0.15, -0.1) is 0 Å². The number of nitrogens with one attached hydrogen (secondary N) is 2. The quantitative estimate of drug-likeness (QED) is 0.617. The van der Waals surface area contributed by atoms with Gasteiger partial charge in [-0.05, 0) is 31.4 Å². The van der Waals surface area contributed by atoms with Crippen molar-refractivity contribution in [2.75, 3.05) is 26.7 Å². The summed E-state index contributed by atoms with van der Waals surface area (Å²) in [5, 5.41) is 6.45. The summed E-state index contributed by atoms with van der Waals surface area (Å²) in [6.07, 6.45) is 8.36. The molecule has 28 heavy (non-hydrogen) atoms. The first-order valence-corrected chi connectivity index (χ1v) is 9.76. The van der Waals surface area contributed by atoms with E-state index >= 15 is 0 Å². The largest absolute Gasteiger partial charge is 0.355 e. The zero-order valence-electron chi connectivity index (χ0n) is 16.5. The van der Waals surface area contributed by atoms with E-state index in [9.17, 15) is 4.79 Å². The molecule has 2 aliphatic rings. The van der Waals surface area contributed by atoms with Crippen LogP contribution in [0.3, 0.4) is 0 Å². The smallest absolute Gasteiger partial charge is 0.220 e. The molecule has 0 aliphatic carbocycles. The number of imidazole rings is 1. The molecule has 8 heteroatoms. The van der Waals surface area contributed by atoms with Gasteiger partial charge in [0, 0.05) is 63.7 Å². The van der Waals surface area contributed by atoms with Crippen molar-refractivity contribution < 1.29 is 4.79 Å². The third kappa shape index (κ3) is 3.72. The van der Waals surface area contributed by atoms with E-state index in [2.05, 4.69) is 36.6 Å². The standard InChI is InChI=1S/C20H27N7O/c1-15-22-7-9-27(15)17-5-4-16(11-23-17)12-24-19(21-2)26-8-3-6-20(14-26)10-18(28)25-13-20/h4-5,7,9,11H,3,6,8,10,12-14H2,1-2H3,(H,21,24)(H,25,28). The number of guanidine groups is 1. The van der Waals surface area contributed by atoms with E-state index in [1.54, 1.807) is 6.20 Å². The Balaban J connectivity index is 1.38. The van der Waals surface area contributed by atoms with Crippen LogP contribution < -0.4 is 10.6 Å². The number of carbonyl (C=O) groups excluding carboxylic acids is 1. The number of pyridine rings is 1. The van der Waals surface area contributed by atoms with Crippen molar-refractivity contribution in [2.24, 2.45) is 10.4 Å². The van der Waals surface area contributed by atoms with Gasteiger partial charge < -0.3 is 15.5 Å². The molecule has 2 fully saturated rings. The zero-order chi connectivity index (χ0) is 19.6. The lowest BCUT2D eigenvalue weighted by molar-refractivity contribution is -0.119. The van der Waals surface area contributed by atoms with Crippen LogP contribution in [0.4, 0.5) is 0 Å². The highest BCUT2D eigenvalue weighted by Crippen LogP contribution is 2.35.